The van der Waals surface area contributed by atoms with Crippen LogP contribution in [0.4, 0.5) is 0 Å². The Bertz CT molecular complexity index is 1070. The van der Waals surface area contributed by atoms with Crippen molar-refractivity contribution in [3.8, 4) is 0 Å². The Hall–Kier alpha value is -1.84. The lowest BCUT2D eigenvalue weighted by Gasteiger charge is -2.25. The average Bonchev–Trinajstić information content (AvgIpc) is 3.09. The Morgan fingerprint density at radius 2 is 1.28 bits per heavy atom. The third-order valence-corrected chi connectivity index (χ3v) is 9.77. The molecular weight excluding hydrogens is 687 g/mol. The van der Waals surface area contributed by atoms with Crippen LogP contribution in [-0.2, 0) is 18.4 Å². The number of hydrogen-bond acceptors (Lipinski definition) is 6. The summed E-state index contributed by atoms with van der Waals surface area (Å²) in [5, 5.41) is 24.0. The number of carbonyl (C=O) groups excluding carboxylic acids is 1. The second kappa shape index (κ2) is 34.6. The summed E-state index contributed by atoms with van der Waals surface area (Å²) in [7, 11) is 1.44. The molecule has 0 aliphatic carbocycles. The van der Waals surface area contributed by atoms with Crippen molar-refractivity contribution < 1.29 is 38.0 Å². The third kappa shape index (κ3) is 36.9. The first-order chi connectivity index (χ1) is 25.4. The van der Waals surface area contributed by atoms with E-state index in [0.29, 0.717) is 23.9 Å². The van der Waals surface area contributed by atoms with E-state index in [0.717, 1.165) is 44.9 Å². The number of carbonyl (C=O) groups is 1. The van der Waals surface area contributed by atoms with Crippen molar-refractivity contribution in [2.75, 3.05) is 40.9 Å². The molecule has 53 heavy (non-hydrogen) atoms. The molecule has 10 heteroatoms. The van der Waals surface area contributed by atoms with Gasteiger partial charge in [0.05, 0.1) is 46.0 Å². The van der Waals surface area contributed by atoms with Crippen molar-refractivity contribution in [3.63, 3.8) is 0 Å². The summed E-state index contributed by atoms with van der Waals surface area (Å²) in [6.45, 7) is 4.56. The first-order valence-electron chi connectivity index (χ1n) is 20.8. The van der Waals surface area contributed by atoms with Crippen LogP contribution in [0.2, 0.25) is 0 Å². The van der Waals surface area contributed by atoms with Gasteiger partial charge in [-0.2, -0.15) is 0 Å². The van der Waals surface area contributed by atoms with Gasteiger partial charge in [0, 0.05) is 6.42 Å². The number of rotatable bonds is 36. The molecule has 0 aromatic carbocycles. The molecule has 0 aliphatic heterocycles. The molecule has 0 bridgehead atoms. The minimum Gasteiger partial charge on any atom is -0.389 e. The Morgan fingerprint density at radius 3 is 1.91 bits per heavy atom. The van der Waals surface area contributed by atoms with Crippen LogP contribution < -0.4 is 5.32 Å². The second-order valence-electron chi connectivity index (χ2n) is 15.2. The van der Waals surface area contributed by atoms with Gasteiger partial charge in [0.15, 0.2) is 0 Å². The molecule has 308 valence electrons. The standard InChI is InChI=1S/C43H79N2O7P/c1-6-8-10-12-14-16-18-20-22-24-26-28-30-33-40(46)34-32-36-43(48)44-41(39-52-53(49,50)51-38-37-45(3,4)5)42(47)35-31-29-27-25-23-21-19-17-15-13-11-9-7-2/h11,13,20,22,26,28,30-31,33,35,40-42,46-47H,6-10,12,14-19,21,23-25,27,29,32,34,36-39H2,1-5H3,(H-,44,48,49,50)/p+1/b13-11-,22-20+,28-26+,33-30+,35-31+/t40?,41-,42+/m0/s1. The molecule has 0 spiro atoms. The molecule has 4 atom stereocenters. The van der Waals surface area contributed by atoms with Crippen molar-refractivity contribution in [3.05, 3.63) is 60.8 Å². The fourth-order valence-corrected chi connectivity index (χ4v) is 6.14. The molecule has 0 aromatic rings. The molecule has 2 unspecified atom stereocenters. The monoisotopic (exact) mass is 768 g/mol. The molecule has 0 saturated heterocycles. The van der Waals surface area contributed by atoms with Crippen molar-refractivity contribution in [1.29, 1.82) is 0 Å². The maximum Gasteiger partial charge on any atom is 0.472 e. The maximum atomic E-state index is 12.8. The molecule has 0 radical (unpaired) electrons. The summed E-state index contributed by atoms with van der Waals surface area (Å²) in [5.41, 5.74) is 0. The van der Waals surface area contributed by atoms with E-state index < -0.39 is 32.7 Å². The third-order valence-electron chi connectivity index (χ3n) is 8.79. The summed E-state index contributed by atoms with van der Waals surface area (Å²) < 4.78 is 23.4. The molecule has 1 amide bonds. The van der Waals surface area contributed by atoms with Crippen LogP contribution in [0.25, 0.3) is 0 Å². The minimum absolute atomic E-state index is 0.0235. The number of hydrogen-bond donors (Lipinski definition) is 4. The number of aliphatic hydroxyl groups excluding tert-OH is 2. The van der Waals surface area contributed by atoms with Gasteiger partial charge in [-0.1, -0.05) is 139 Å². The number of aliphatic hydroxyl groups is 2. The quantitative estimate of drug-likeness (QED) is 0.0164. The molecule has 0 aliphatic rings. The van der Waals surface area contributed by atoms with Crippen LogP contribution in [0.5, 0.6) is 0 Å². The van der Waals surface area contributed by atoms with Crippen molar-refractivity contribution in [2.24, 2.45) is 0 Å². The zero-order chi connectivity index (χ0) is 39.5. The highest BCUT2D eigenvalue weighted by atomic mass is 31.2. The molecule has 0 heterocycles. The van der Waals surface area contributed by atoms with Gasteiger partial charge in [-0.15, -0.1) is 0 Å². The lowest BCUT2D eigenvalue weighted by Crippen LogP contribution is -2.45. The van der Waals surface area contributed by atoms with E-state index in [4.69, 9.17) is 9.05 Å². The number of allylic oxidation sites excluding steroid dienone is 8. The summed E-state index contributed by atoms with van der Waals surface area (Å²) in [6.07, 6.45) is 40.3. The first-order valence-corrected chi connectivity index (χ1v) is 22.3. The van der Waals surface area contributed by atoms with E-state index in [2.05, 4.69) is 43.5 Å². The van der Waals surface area contributed by atoms with Gasteiger partial charge in [0.2, 0.25) is 5.91 Å². The molecule has 0 fully saturated rings. The largest absolute Gasteiger partial charge is 0.472 e. The molecule has 4 N–H and O–H groups in total. The molecule has 0 aromatic heterocycles. The van der Waals surface area contributed by atoms with Crippen LogP contribution in [0.3, 0.4) is 0 Å². The van der Waals surface area contributed by atoms with Gasteiger partial charge in [-0.25, -0.2) is 4.57 Å². The fraction of sp³-hybridized carbons (Fsp3) is 0.744. The van der Waals surface area contributed by atoms with Gasteiger partial charge in [-0.05, 0) is 64.2 Å². The number of phosphoric acid groups is 1. The Balaban J connectivity index is 4.71. The van der Waals surface area contributed by atoms with E-state index in [-0.39, 0.29) is 18.9 Å². The number of quaternary nitrogens is 1. The normalized spacial score (nSPS) is 15.7. The number of amides is 1. The van der Waals surface area contributed by atoms with E-state index in [1.165, 1.54) is 70.6 Å². The highest BCUT2D eigenvalue weighted by Gasteiger charge is 2.27. The predicted molar refractivity (Wildman–Crippen MR) is 223 cm³/mol. The molecular formula is C43H80N2O7P+. The van der Waals surface area contributed by atoms with Gasteiger partial charge in [-0.3, -0.25) is 13.8 Å². The minimum atomic E-state index is -4.39. The van der Waals surface area contributed by atoms with E-state index in [1.807, 2.05) is 45.4 Å². The smallest absolute Gasteiger partial charge is 0.389 e. The van der Waals surface area contributed by atoms with Gasteiger partial charge in [0.25, 0.3) is 0 Å². The summed E-state index contributed by atoms with van der Waals surface area (Å²) in [6, 6.07) is -0.942. The first kappa shape index (κ1) is 51.2. The van der Waals surface area contributed by atoms with E-state index in [1.54, 1.807) is 12.2 Å². The summed E-state index contributed by atoms with van der Waals surface area (Å²) in [5.74, 6) is -0.338. The number of likely N-dealkylation sites (N-methyl/N-ethyl adjacent to an activating group) is 1. The van der Waals surface area contributed by atoms with Crippen LogP contribution in [0.15, 0.2) is 60.8 Å². The average molecular weight is 768 g/mol. The van der Waals surface area contributed by atoms with Crippen LogP contribution >= 0.6 is 7.82 Å². The van der Waals surface area contributed by atoms with E-state index >= 15 is 0 Å². The number of unbranched alkanes of at least 4 members (excludes halogenated alkanes) is 14. The highest BCUT2D eigenvalue weighted by Crippen LogP contribution is 2.43. The van der Waals surface area contributed by atoms with Crippen molar-refractivity contribution in [1.82, 2.24) is 5.32 Å². The topological polar surface area (TPSA) is 125 Å². The second-order valence-corrected chi connectivity index (χ2v) is 16.7. The number of phosphoric ester groups is 1. The maximum absolute atomic E-state index is 12.8. The molecule has 0 rings (SSSR count). The fourth-order valence-electron chi connectivity index (χ4n) is 5.40. The van der Waals surface area contributed by atoms with Gasteiger partial charge in [0.1, 0.15) is 13.2 Å². The van der Waals surface area contributed by atoms with Crippen molar-refractivity contribution in [2.45, 2.75) is 167 Å². The zero-order valence-electron chi connectivity index (χ0n) is 34.3. The van der Waals surface area contributed by atoms with Gasteiger partial charge >= 0.3 is 7.82 Å². The predicted octanol–water partition coefficient (Wildman–Crippen LogP) is 10.0. The zero-order valence-corrected chi connectivity index (χ0v) is 35.2. The summed E-state index contributed by atoms with van der Waals surface area (Å²) >= 11 is 0. The lowest BCUT2D eigenvalue weighted by atomic mass is 10.1. The Kier molecular flexibility index (Phi) is 33.4. The number of nitrogens with zero attached hydrogens (tertiary/aromatic N) is 1. The van der Waals surface area contributed by atoms with E-state index in [9.17, 15) is 24.5 Å². The van der Waals surface area contributed by atoms with Crippen LogP contribution in [-0.4, -0.2) is 84.6 Å². The van der Waals surface area contributed by atoms with Crippen LogP contribution in [0.1, 0.15) is 149 Å². The summed E-state index contributed by atoms with van der Waals surface area (Å²) in [4.78, 5) is 23.0. The van der Waals surface area contributed by atoms with Crippen molar-refractivity contribution >= 4 is 13.7 Å². The molecule has 9 nitrogen and oxygen atoms in total. The Labute approximate surface area is 324 Å². The van der Waals surface area contributed by atoms with Crippen LogP contribution in [0, 0.1) is 0 Å². The SMILES string of the molecule is CCC/C=C\CCCCCCCC/C=C/[C@@H](O)[C@H](COP(=O)(O)OCC[N+](C)(C)C)NC(=O)CCCC(O)/C=C/C=C/C/C=C/CCCCCCCC. The highest BCUT2D eigenvalue weighted by molar-refractivity contribution is 7.47. The lowest BCUT2D eigenvalue weighted by molar-refractivity contribution is -0.870. The number of nitrogens with one attached hydrogen (secondary N) is 1. The van der Waals surface area contributed by atoms with Gasteiger partial charge < -0.3 is 24.9 Å². The Morgan fingerprint density at radius 1 is 0.698 bits per heavy atom. The molecule has 0 saturated carbocycles.